The Hall–Kier alpha value is -3.43. The lowest BCUT2D eigenvalue weighted by molar-refractivity contribution is -0.138. The van der Waals surface area contributed by atoms with E-state index in [1.165, 1.54) is 13.0 Å². The molecule has 10 heteroatoms. The van der Waals surface area contributed by atoms with Crippen molar-refractivity contribution in [3.8, 4) is 0 Å². The van der Waals surface area contributed by atoms with E-state index in [0.29, 0.717) is 41.3 Å². The summed E-state index contributed by atoms with van der Waals surface area (Å²) < 4.78 is 45.7. The fourth-order valence-corrected chi connectivity index (χ4v) is 4.35. The number of nitrogens with one attached hydrogen (secondary N) is 1. The Labute approximate surface area is 208 Å². The number of amides is 1. The molecule has 1 N–H and O–H groups in total. The summed E-state index contributed by atoms with van der Waals surface area (Å²) in [5.41, 5.74) is 0.921. The van der Waals surface area contributed by atoms with E-state index in [1.807, 2.05) is 26.8 Å². The second-order valence-electron chi connectivity index (χ2n) is 10.2. The van der Waals surface area contributed by atoms with Gasteiger partial charge < -0.3 is 15.0 Å². The highest BCUT2D eigenvalue weighted by Gasteiger charge is 2.35. The van der Waals surface area contributed by atoms with Crippen LogP contribution in [-0.2, 0) is 10.9 Å². The number of nitrogens with zero attached hydrogens (tertiary/aromatic N) is 4. The fourth-order valence-electron chi connectivity index (χ4n) is 4.35. The summed E-state index contributed by atoms with van der Waals surface area (Å²) in [5, 5.41) is 3.95. The molecule has 192 valence electrons. The Bertz CT molecular complexity index is 1300. The predicted molar refractivity (Wildman–Crippen MR) is 131 cm³/mol. The zero-order valence-corrected chi connectivity index (χ0v) is 21.2. The molecule has 0 spiro atoms. The van der Waals surface area contributed by atoms with Gasteiger partial charge in [0.25, 0.3) is 0 Å². The van der Waals surface area contributed by atoms with E-state index in [9.17, 15) is 18.0 Å². The number of carbonyl (C=O) groups is 1. The van der Waals surface area contributed by atoms with Crippen molar-refractivity contribution in [1.82, 2.24) is 19.9 Å². The molecule has 1 aliphatic heterocycles. The third-order valence-electron chi connectivity index (χ3n) is 6.19. The number of alkyl halides is 3. The molecule has 0 radical (unpaired) electrons. The summed E-state index contributed by atoms with van der Waals surface area (Å²) in [7, 11) is 0. The SMILES string of the molecule is Cc1nc(NC(C)c2cccc(C(F)(F)F)c2C)c2cc(C3CN(C(=O)OC(C)(C)C)C3)cnc2n1. The molecule has 3 aromatic rings. The zero-order chi connectivity index (χ0) is 26.4. The van der Waals surface area contributed by atoms with Gasteiger partial charge in [-0.05, 0) is 70.4 Å². The van der Waals surface area contributed by atoms with Crippen molar-refractivity contribution >= 4 is 22.9 Å². The third-order valence-corrected chi connectivity index (χ3v) is 6.19. The van der Waals surface area contributed by atoms with Gasteiger partial charge in [0.05, 0.1) is 17.0 Å². The lowest BCUT2D eigenvalue weighted by Gasteiger charge is -2.39. The van der Waals surface area contributed by atoms with Crippen LogP contribution in [0.2, 0.25) is 0 Å². The van der Waals surface area contributed by atoms with Crippen molar-refractivity contribution in [2.24, 2.45) is 0 Å². The number of hydrogen-bond acceptors (Lipinski definition) is 6. The Morgan fingerprint density at radius 3 is 2.50 bits per heavy atom. The maximum Gasteiger partial charge on any atom is 0.416 e. The van der Waals surface area contributed by atoms with Gasteiger partial charge in [0.2, 0.25) is 0 Å². The van der Waals surface area contributed by atoms with Crippen LogP contribution in [0.3, 0.4) is 0 Å². The molecule has 1 fully saturated rings. The second-order valence-corrected chi connectivity index (χ2v) is 10.2. The van der Waals surface area contributed by atoms with E-state index >= 15 is 0 Å². The van der Waals surface area contributed by atoms with Crippen LogP contribution in [-0.4, -0.2) is 44.6 Å². The van der Waals surface area contributed by atoms with Crippen molar-refractivity contribution in [3.63, 3.8) is 0 Å². The van der Waals surface area contributed by atoms with Crippen LogP contribution in [0, 0.1) is 13.8 Å². The molecule has 0 bridgehead atoms. The molecule has 0 saturated carbocycles. The summed E-state index contributed by atoms with van der Waals surface area (Å²) in [6.07, 6.45) is -3.03. The Balaban J connectivity index is 1.58. The quantitative estimate of drug-likeness (QED) is 0.461. The number of ether oxygens (including phenoxy) is 1. The number of anilines is 1. The zero-order valence-electron chi connectivity index (χ0n) is 21.2. The normalized spacial score (nSPS) is 15.5. The first-order chi connectivity index (χ1) is 16.7. The van der Waals surface area contributed by atoms with Crippen LogP contribution in [0.1, 0.15) is 67.7 Å². The molecule has 1 saturated heterocycles. The molecule has 1 atom stereocenters. The van der Waals surface area contributed by atoms with E-state index < -0.39 is 23.4 Å². The maximum atomic E-state index is 13.4. The number of fused-ring (bicyclic) bond motifs is 1. The lowest BCUT2D eigenvalue weighted by Crippen LogP contribution is -2.50. The van der Waals surface area contributed by atoms with Gasteiger partial charge in [-0.3, -0.25) is 0 Å². The first-order valence-electron chi connectivity index (χ1n) is 11.8. The van der Waals surface area contributed by atoms with Gasteiger partial charge in [0.15, 0.2) is 5.65 Å². The molecule has 0 aliphatic carbocycles. The van der Waals surface area contributed by atoms with Gasteiger partial charge in [0.1, 0.15) is 17.2 Å². The molecule has 1 aromatic carbocycles. The van der Waals surface area contributed by atoms with Gasteiger partial charge in [-0.15, -0.1) is 0 Å². The standard InChI is InChI=1S/C26H30F3N5O2/c1-14-19(8-7-9-21(14)26(27,28)29)15(2)31-23-20-10-17(11-30-22(20)32-16(3)33-23)18-12-34(13-18)24(35)36-25(4,5)6/h7-11,15,18H,12-13H2,1-6H3,(H,30,31,32,33). The average Bonchev–Trinajstić information content (AvgIpc) is 2.70. The number of rotatable bonds is 4. The molecule has 3 heterocycles. The van der Waals surface area contributed by atoms with Crippen molar-refractivity contribution in [2.45, 2.75) is 65.3 Å². The van der Waals surface area contributed by atoms with Gasteiger partial charge in [-0.1, -0.05) is 12.1 Å². The molecule has 1 unspecified atom stereocenters. The van der Waals surface area contributed by atoms with E-state index in [-0.39, 0.29) is 17.6 Å². The number of aromatic nitrogens is 3. The number of halogens is 3. The third kappa shape index (κ3) is 5.37. The molecule has 7 nitrogen and oxygen atoms in total. The Morgan fingerprint density at radius 2 is 1.86 bits per heavy atom. The molecule has 1 amide bonds. The molecular formula is C26H30F3N5O2. The fraction of sp³-hybridized carbons (Fsp3) is 0.462. The number of carbonyl (C=O) groups excluding carboxylic acids is 1. The van der Waals surface area contributed by atoms with E-state index in [0.717, 1.165) is 11.6 Å². The van der Waals surface area contributed by atoms with Gasteiger partial charge in [-0.2, -0.15) is 13.2 Å². The van der Waals surface area contributed by atoms with Crippen LogP contribution in [0.5, 0.6) is 0 Å². The summed E-state index contributed by atoms with van der Waals surface area (Å²) in [5.74, 6) is 1.09. The smallest absolute Gasteiger partial charge is 0.416 e. The van der Waals surface area contributed by atoms with Crippen molar-refractivity contribution in [3.05, 3.63) is 58.5 Å². The highest BCUT2D eigenvalue weighted by Crippen LogP contribution is 2.36. The maximum absolute atomic E-state index is 13.4. The number of hydrogen-bond donors (Lipinski definition) is 1. The monoisotopic (exact) mass is 501 g/mol. The minimum absolute atomic E-state index is 0.0895. The largest absolute Gasteiger partial charge is 0.444 e. The Kier molecular flexibility index (Phi) is 6.57. The minimum atomic E-state index is -4.42. The second kappa shape index (κ2) is 9.22. The van der Waals surface area contributed by atoms with Crippen LogP contribution in [0.4, 0.5) is 23.8 Å². The molecule has 2 aromatic heterocycles. The van der Waals surface area contributed by atoms with E-state index in [1.54, 1.807) is 31.0 Å². The minimum Gasteiger partial charge on any atom is -0.444 e. The summed E-state index contributed by atoms with van der Waals surface area (Å²) in [6, 6.07) is 5.68. The molecule has 36 heavy (non-hydrogen) atoms. The topological polar surface area (TPSA) is 80.2 Å². The highest BCUT2D eigenvalue weighted by atomic mass is 19.4. The van der Waals surface area contributed by atoms with Crippen molar-refractivity contribution < 1.29 is 22.7 Å². The number of pyridine rings is 1. The highest BCUT2D eigenvalue weighted by molar-refractivity contribution is 5.87. The first kappa shape index (κ1) is 25.7. The van der Waals surface area contributed by atoms with E-state index in [2.05, 4.69) is 20.3 Å². The van der Waals surface area contributed by atoms with Crippen LogP contribution >= 0.6 is 0 Å². The summed E-state index contributed by atoms with van der Waals surface area (Å²) >= 11 is 0. The number of benzene rings is 1. The number of likely N-dealkylation sites (tertiary alicyclic amines) is 1. The van der Waals surface area contributed by atoms with Gasteiger partial charge >= 0.3 is 12.3 Å². The summed E-state index contributed by atoms with van der Waals surface area (Å²) in [4.78, 5) is 27.4. The van der Waals surface area contributed by atoms with Crippen LogP contribution in [0.15, 0.2) is 30.5 Å². The van der Waals surface area contributed by atoms with Crippen molar-refractivity contribution in [1.29, 1.82) is 0 Å². The van der Waals surface area contributed by atoms with E-state index in [4.69, 9.17) is 4.74 Å². The Morgan fingerprint density at radius 1 is 1.17 bits per heavy atom. The van der Waals surface area contributed by atoms with Crippen LogP contribution in [0.25, 0.3) is 11.0 Å². The van der Waals surface area contributed by atoms with Crippen molar-refractivity contribution in [2.75, 3.05) is 18.4 Å². The number of aryl methyl sites for hydroxylation is 1. The van der Waals surface area contributed by atoms with Crippen LogP contribution < -0.4 is 5.32 Å². The average molecular weight is 502 g/mol. The molecule has 4 rings (SSSR count). The van der Waals surface area contributed by atoms with Gasteiger partial charge in [0, 0.05) is 25.2 Å². The summed E-state index contributed by atoms with van der Waals surface area (Å²) in [6.45, 7) is 11.5. The first-order valence-corrected chi connectivity index (χ1v) is 11.8. The molecule has 1 aliphatic rings. The predicted octanol–water partition coefficient (Wildman–Crippen LogP) is 6.17. The lowest BCUT2D eigenvalue weighted by atomic mass is 9.92. The molecular weight excluding hydrogens is 471 g/mol. The van der Waals surface area contributed by atoms with Gasteiger partial charge in [-0.25, -0.2) is 19.7 Å².